The molecular formula is C18H18ClNO4. The number of nitrogens with zero attached hydrogens (tertiary/aromatic N) is 1. The van der Waals surface area contributed by atoms with Crippen molar-refractivity contribution < 1.29 is 19.1 Å². The predicted octanol–water partition coefficient (Wildman–Crippen LogP) is 3.75. The van der Waals surface area contributed by atoms with E-state index in [1.807, 2.05) is 31.2 Å². The standard InChI is InChI=1S/C18H18ClNO4/c1-12-15(19)9-6-10-16(12)24-11-13-7-4-5-8-14(13)17(20-23-3)18(21)22-2/h4-10H,11H2,1-3H3. The molecule has 0 saturated heterocycles. The van der Waals surface area contributed by atoms with Gasteiger partial charge in [-0.3, -0.25) is 0 Å². The van der Waals surface area contributed by atoms with Crippen molar-refractivity contribution in [3.63, 3.8) is 0 Å². The Morgan fingerprint density at radius 3 is 2.58 bits per heavy atom. The van der Waals surface area contributed by atoms with Crippen LogP contribution in [0.25, 0.3) is 0 Å². The van der Waals surface area contributed by atoms with Crippen LogP contribution in [-0.2, 0) is 21.0 Å². The molecule has 6 heteroatoms. The highest BCUT2D eigenvalue weighted by atomic mass is 35.5. The third-order valence-electron chi connectivity index (χ3n) is 3.43. The van der Waals surface area contributed by atoms with Crippen LogP contribution in [-0.4, -0.2) is 25.9 Å². The van der Waals surface area contributed by atoms with Gasteiger partial charge >= 0.3 is 5.97 Å². The summed E-state index contributed by atoms with van der Waals surface area (Å²) in [6.07, 6.45) is 0. The molecule has 2 rings (SSSR count). The minimum absolute atomic E-state index is 0.0852. The summed E-state index contributed by atoms with van der Waals surface area (Å²) in [5, 5.41) is 4.41. The molecule has 0 fully saturated rings. The molecule has 0 spiro atoms. The number of carbonyl (C=O) groups excluding carboxylic acids is 1. The molecule has 0 aliphatic carbocycles. The van der Waals surface area contributed by atoms with Crippen LogP contribution in [0.1, 0.15) is 16.7 Å². The third-order valence-corrected chi connectivity index (χ3v) is 3.84. The number of hydrogen-bond acceptors (Lipinski definition) is 5. The van der Waals surface area contributed by atoms with Gasteiger partial charge < -0.3 is 14.3 Å². The van der Waals surface area contributed by atoms with Crippen molar-refractivity contribution in [2.75, 3.05) is 14.2 Å². The van der Waals surface area contributed by atoms with Crippen LogP contribution in [0.5, 0.6) is 5.75 Å². The summed E-state index contributed by atoms with van der Waals surface area (Å²) in [6, 6.07) is 12.7. The molecule has 0 bridgehead atoms. The van der Waals surface area contributed by atoms with Crippen LogP contribution in [0.3, 0.4) is 0 Å². The van der Waals surface area contributed by atoms with E-state index in [4.69, 9.17) is 25.9 Å². The number of oxime groups is 1. The monoisotopic (exact) mass is 347 g/mol. The van der Waals surface area contributed by atoms with Crippen LogP contribution in [0.2, 0.25) is 5.02 Å². The number of methoxy groups -OCH3 is 1. The molecule has 0 saturated carbocycles. The maximum absolute atomic E-state index is 11.9. The van der Waals surface area contributed by atoms with Crippen molar-refractivity contribution in [2.45, 2.75) is 13.5 Å². The number of rotatable bonds is 6. The van der Waals surface area contributed by atoms with Crippen molar-refractivity contribution >= 4 is 23.3 Å². The van der Waals surface area contributed by atoms with E-state index in [-0.39, 0.29) is 12.3 Å². The normalized spacial score (nSPS) is 11.1. The Morgan fingerprint density at radius 2 is 1.88 bits per heavy atom. The number of halogens is 1. The molecule has 0 radical (unpaired) electrons. The summed E-state index contributed by atoms with van der Waals surface area (Å²) in [4.78, 5) is 16.7. The summed E-state index contributed by atoms with van der Waals surface area (Å²) in [7, 11) is 2.67. The quantitative estimate of drug-likeness (QED) is 0.453. The molecule has 0 aliphatic rings. The van der Waals surface area contributed by atoms with Gasteiger partial charge in [0.2, 0.25) is 0 Å². The lowest BCUT2D eigenvalue weighted by molar-refractivity contribution is -0.132. The minimum atomic E-state index is -0.580. The Balaban J connectivity index is 2.30. The van der Waals surface area contributed by atoms with Crippen molar-refractivity contribution in [1.82, 2.24) is 0 Å². The fourth-order valence-corrected chi connectivity index (χ4v) is 2.33. The Hall–Kier alpha value is -2.53. The highest BCUT2D eigenvalue weighted by Gasteiger charge is 2.19. The zero-order valence-corrected chi connectivity index (χ0v) is 14.5. The van der Waals surface area contributed by atoms with Gasteiger partial charge in [-0.2, -0.15) is 0 Å². The zero-order chi connectivity index (χ0) is 17.5. The molecule has 2 aromatic carbocycles. The molecule has 0 unspecified atom stereocenters. The van der Waals surface area contributed by atoms with Gasteiger partial charge in [-0.25, -0.2) is 4.79 Å². The molecule has 0 heterocycles. The first-order valence-electron chi connectivity index (χ1n) is 7.24. The first-order chi connectivity index (χ1) is 11.6. The predicted molar refractivity (Wildman–Crippen MR) is 92.5 cm³/mol. The van der Waals surface area contributed by atoms with E-state index in [0.29, 0.717) is 16.3 Å². The number of benzene rings is 2. The van der Waals surface area contributed by atoms with Crippen LogP contribution in [0, 0.1) is 6.92 Å². The van der Waals surface area contributed by atoms with Crippen LogP contribution < -0.4 is 4.74 Å². The molecule has 126 valence electrons. The van der Waals surface area contributed by atoms with E-state index in [2.05, 4.69) is 5.16 Å². The van der Waals surface area contributed by atoms with E-state index in [1.54, 1.807) is 18.2 Å². The summed E-state index contributed by atoms with van der Waals surface area (Å²) < 4.78 is 10.6. The van der Waals surface area contributed by atoms with E-state index in [9.17, 15) is 4.79 Å². The molecule has 2 aromatic rings. The van der Waals surface area contributed by atoms with Gasteiger partial charge in [0.05, 0.1) is 7.11 Å². The highest BCUT2D eigenvalue weighted by Crippen LogP contribution is 2.26. The van der Waals surface area contributed by atoms with E-state index >= 15 is 0 Å². The summed E-state index contributed by atoms with van der Waals surface area (Å²) in [6.45, 7) is 2.13. The second kappa shape index (κ2) is 8.36. The Morgan fingerprint density at radius 1 is 1.12 bits per heavy atom. The van der Waals surface area contributed by atoms with Gasteiger partial charge in [0.25, 0.3) is 0 Å². The summed E-state index contributed by atoms with van der Waals surface area (Å²) in [5.74, 6) is 0.101. The van der Waals surface area contributed by atoms with Gasteiger partial charge in [-0.05, 0) is 24.6 Å². The summed E-state index contributed by atoms with van der Waals surface area (Å²) >= 11 is 6.10. The molecule has 0 aromatic heterocycles. The van der Waals surface area contributed by atoms with Crippen LogP contribution in [0.15, 0.2) is 47.6 Å². The molecule has 0 atom stereocenters. The lowest BCUT2D eigenvalue weighted by Gasteiger charge is -2.13. The highest BCUT2D eigenvalue weighted by molar-refractivity contribution is 6.43. The Bertz CT molecular complexity index is 758. The van der Waals surface area contributed by atoms with Crippen LogP contribution >= 0.6 is 11.6 Å². The topological polar surface area (TPSA) is 57.1 Å². The Labute approximate surface area is 145 Å². The molecule has 0 aliphatic heterocycles. The average Bonchev–Trinajstić information content (AvgIpc) is 2.60. The van der Waals surface area contributed by atoms with E-state index < -0.39 is 5.97 Å². The van der Waals surface area contributed by atoms with Crippen molar-refractivity contribution in [1.29, 1.82) is 0 Å². The summed E-state index contributed by atoms with van der Waals surface area (Å²) in [5.41, 5.74) is 2.31. The average molecular weight is 348 g/mol. The number of ether oxygens (including phenoxy) is 2. The number of hydrogen-bond donors (Lipinski definition) is 0. The first kappa shape index (κ1) is 17.8. The zero-order valence-electron chi connectivity index (χ0n) is 13.7. The molecular weight excluding hydrogens is 330 g/mol. The Kier molecular flexibility index (Phi) is 6.21. The largest absolute Gasteiger partial charge is 0.489 e. The third kappa shape index (κ3) is 4.06. The SMILES string of the molecule is CON=C(C(=O)OC)c1ccccc1COc1cccc(Cl)c1C. The van der Waals surface area contributed by atoms with Crippen molar-refractivity contribution in [3.8, 4) is 5.75 Å². The van der Waals surface area contributed by atoms with Gasteiger partial charge in [-0.1, -0.05) is 47.1 Å². The maximum Gasteiger partial charge on any atom is 0.360 e. The lowest BCUT2D eigenvalue weighted by atomic mass is 10.0. The van der Waals surface area contributed by atoms with Gasteiger partial charge in [0, 0.05) is 16.1 Å². The lowest BCUT2D eigenvalue weighted by Crippen LogP contribution is -2.19. The molecule has 0 amide bonds. The molecule has 24 heavy (non-hydrogen) atoms. The number of carbonyl (C=O) groups is 1. The van der Waals surface area contributed by atoms with Gasteiger partial charge in [0.1, 0.15) is 19.5 Å². The van der Waals surface area contributed by atoms with Crippen LogP contribution in [0.4, 0.5) is 0 Å². The second-order valence-electron chi connectivity index (χ2n) is 4.92. The first-order valence-corrected chi connectivity index (χ1v) is 7.62. The van der Waals surface area contributed by atoms with E-state index in [1.165, 1.54) is 14.2 Å². The van der Waals surface area contributed by atoms with Crippen molar-refractivity contribution in [2.24, 2.45) is 5.16 Å². The van der Waals surface area contributed by atoms with E-state index in [0.717, 1.165) is 11.1 Å². The number of esters is 1. The second-order valence-corrected chi connectivity index (χ2v) is 5.33. The van der Waals surface area contributed by atoms with Gasteiger partial charge in [0.15, 0.2) is 5.71 Å². The molecule has 5 nitrogen and oxygen atoms in total. The minimum Gasteiger partial charge on any atom is -0.489 e. The van der Waals surface area contributed by atoms with Crippen molar-refractivity contribution in [3.05, 3.63) is 64.2 Å². The fourth-order valence-electron chi connectivity index (χ4n) is 2.16. The van der Waals surface area contributed by atoms with Gasteiger partial charge in [-0.15, -0.1) is 0 Å². The maximum atomic E-state index is 11.9. The molecule has 0 N–H and O–H groups in total. The smallest absolute Gasteiger partial charge is 0.360 e. The fraction of sp³-hybridized carbons (Fsp3) is 0.222.